The molecule has 1 saturated carbocycles. The van der Waals surface area contributed by atoms with Gasteiger partial charge in [-0.05, 0) is 42.0 Å². The van der Waals surface area contributed by atoms with Gasteiger partial charge in [-0.25, -0.2) is 4.39 Å². The predicted molar refractivity (Wildman–Crippen MR) is 55.9 cm³/mol. The smallest absolute Gasteiger partial charge is 0.123 e. The van der Waals surface area contributed by atoms with Gasteiger partial charge in [0.25, 0.3) is 0 Å². The standard InChI is InChI=1S/C11H12FN3/c12-9-6-4-8(5-7-9)10-2-1-3-11(10)14-15-13/h4-7,10-11H,1-3H2. The van der Waals surface area contributed by atoms with Crippen LogP contribution < -0.4 is 0 Å². The van der Waals surface area contributed by atoms with Crippen LogP contribution in [0.2, 0.25) is 0 Å². The zero-order valence-electron chi connectivity index (χ0n) is 8.31. The molecule has 0 aliphatic heterocycles. The van der Waals surface area contributed by atoms with E-state index >= 15 is 0 Å². The van der Waals surface area contributed by atoms with Crippen molar-refractivity contribution in [3.05, 3.63) is 46.1 Å². The second kappa shape index (κ2) is 4.32. The minimum absolute atomic E-state index is 0.0421. The lowest BCUT2D eigenvalue weighted by Gasteiger charge is -2.14. The minimum Gasteiger partial charge on any atom is -0.207 e. The SMILES string of the molecule is [N-]=[N+]=NC1CCCC1c1ccc(F)cc1. The van der Waals surface area contributed by atoms with E-state index in [9.17, 15) is 4.39 Å². The van der Waals surface area contributed by atoms with Gasteiger partial charge < -0.3 is 0 Å². The molecule has 0 aromatic heterocycles. The Hall–Kier alpha value is -1.54. The van der Waals surface area contributed by atoms with Gasteiger partial charge in [-0.15, -0.1) is 0 Å². The Labute approximate surface area is 87.5 Å². The molecular weight excluding hydrogens is 193 g/mol. The van der Waals surface area contributed by atoms with Crippen LogP contribution in [-0.2, 0) is 0 Å². The summed E-state index contributed by atoms with van der Waals surface area (Å²) in [7, 11) is 0. The number of hydrogen-bond acceptors (Lipinski definition) is 1. The second-order valence-corrected chi connectivity index (χ2v) is 3.86. The Kier molecular flexibility index (Phi) is 2.88. The summed E-state index contributed by atoms with van der Waals surface area (Å²) in [5.41, 5.74) is 9.51. The molecule has 1 aromatic carbocycles. The van der Waals surface area contributed by atoms with E-state index in [-0.39, 0.29) is 17.8 Å². The zero-order valence-corrected chi connectivity index (χ0v) is 8.31. The first kappa shape index (κ1) is 9.99. The summed E-state index contributed by atoms with van der Waals surface area (Å²) < 4.78 is 12.7. The molecule has 2 rings (SSSR count). The van der Waals surface area contributed by atoms with Gasteiger partial charge in [0.15, 0.2) is 0 Å². The van der Waals surface area contributed by atoms with E-state index in [1.807, 2.05) is 0 Å². The molecule has 0 radical (unpaired) electrons. The van der Waals surface area contributed by atoms with Gasteiger partial charge in [0.2, 0.25) is 0 Å². The Morgan fingerprint density at radius 2 is 2.00 bits per heavy atom. The lowest BCUT2D eigenvalue weighted by molar-refractivity contribution is 0.601. The van der Waals surface area contributed by atoms with E-state index in [1.165, 1.54) is 12.1 Å². The van der Waals surface area contributed by atoms with Crippen LogP contribution in [0.1, 0.15) is 30.7 Å². The van der Waals surface area contributed by atoms with Crippen molar-refractivity contribution in [2.75, 3.05) is 0 Å². The van der Waals surface area contributed by atoms with Crippen LogP contribution in [0.25, 0.3) is 10.4 Å². The topological polar surface area (TPSA) is 48.8 Å². The summed E-state index contributed by atoms with van der Waals surface area (Å²) in [6.45, 7) is 0. The van der Waals surface area contributed by atoms with E-state index in [2.05, 4.69) is 10.0 Å². The van der Waals surface area contributed by atoms with Gasteiger partial charge >= 0.3 is 0 Å². The lowest BCUT2D eigenvalue weighted by Crippen LogP contribution is -2.08. The van der Waals surface area contributed by atoms with Crippen molar-refractivity contribution >= 4 is 0 Å². The molecule has 78 valence electrons. The van der Waals surface area contributed by atoms with Crippen molar-refractivity contribution < 1.29 is 4.39 Å². The number of rotatable bonds is 2. The van der Waals surface area contributed by atoms with E-state index in [0.29, 0.717) is 0 Å². The maximum absolute atomic E-state index is 12.7. The summed E-state index contributed by atoms with van der Waals surface area (Å²) in [5.74, 6) is 0.0404. The highest BCUT2D eigenvalue weighted by atomic mass is 19.1. The maximum Gasteiger partial charge on any atom is 0.123 e. The molecule has 2 unspecified atom stereocenters. The normalized spacial score (nSPS) is 24.9. The highest BCUT2D eigenvalue weighted by Crippen LogP contribution is 2.36. The van der Waals surface area contributed by atoms with Crippen molar-refractivity contribution in [2.45, 2.75) is 31.2 Å². The molecule has 2 atom stereocenters. The van der Waals surface area contributed by atoms with Crippen molar-refractivity contribution in [3.63, 3.8) is 0 Å². The molecule has 1 fully saturated rings. The summed E-state index contributed by atoms with van der Waals surface area (Å²) in [6, 6.07) is 6.53. The van der Waals surface area contributed by atoms with E-state index in [0.717, 1.165) is 24.8 Å². The first-order valence-electron chi connectivity index (χ1n) is 5.11. The lowest BCUT2D eigenvalue weighted by atomic mass is 9.95. The van der Waals surface area contributed by atoms with Crippen LogP contribution in [0.3, 0.4) is 0 Å². The van der Waals surface area contributed by atoms with Crippen LogP contribution >= 0.6 is 0 Å². The maximum atomic E-state index is 12.7. The van der Waals surface area contributed by atoms with Crippen LogP contribution in [0, 0.1) is 5.82 Å². The van der Waals surface area contributed by atoms with E-state index < -0.39 is 0 Å². The van der Waals surface area contributed by atoms with Crippen molar-refractivity contribution in [1.82, 2.24) is 0 Å². The van der Waals surface area contributed by atoms with Crippen molar-refractivity contribution in [2.24, 2.45) is 5.11 Å². The fraction of sp³-hybridized carbons (Fsp3) is 0.455. The first-order valence-corrected chi connectivity index (χ1v) is 5.11. The zero-order chi connectivity index (χ0) is 10.7. The Balaban J connectivity index is 2.22. The van der Waals surface area contributed by atoms with Gasteiger partial charge in [-0.2, -0.15) is 0 Å². The Morgan fingerprint density at radius 1 is 1.27 bits per heavy atom. The third-order valence-corrected chi connectivity index (χ3v) is 2.98. The van der Waals surface area contributed by atoms with Crippen molar-refractivity contribution in [1.29, 1.82) is 0 Å². The van der Waals surface area contributed by atoms with Gasteiger partial charge in [-0.1, -0.05) is 23.7 Å². The molecule has 1 aromatic rings. The molecular formula is C11H12FN3. The van der Waals surface area contributed by atoms with Gasteiger partial charge in [0.1, 0.15) is 5.82 Å². The quantitative estimate of drug-likeness (QED) is 0.401. The monoisotopic (exact) mass is 205 g/mol. The third-order valence-electron chi connectivity index (χ3n) is 2.98. The fourth-order valence-corrected chi connectivity index (χ4v) is 2.24. The van der Waals surface area contributed by atoms with Crippen LogP contribution in [0.5, 0.6) is 0 Å². The number of hydrogen-bond donors (Lipinski definition) is 0. The number of benzene rings is 1. The molecule has 1 aliphatic carbocycles. The molecule has 0 amide bonds. The Bertz CT molecular complexity index is 381. The molecule has 4 heteroatoms. The summed E-state index contributed by atoms with van der Waals surface area (Å²) >= 11 is 0. The third kappa shape index (κ3) is 2.10. The summed E-state index contributed by atoms with van der Waals surface area (Å²) in [6.07, 6.45) is 3.03. The molecule has 0 heterocycles. The first-order chi connectivity index (χ1) is 7.31. The Morgan fingerprint density at radius 3 is 2.67 bits per heavy atom. The summed E-state index contributed by atoms with van der Waals surface area (Å²) in [5, 5.41) is 3.79. The average Bonchev–Trinajstić information content (AvgIpc) is 2.68. The largest absolute Gasteiger partial charge is 0.207 e. The van der Waals surface area contributed by atoms with Crippen molar-refractivity contribution in [3.8, 4) is 0 Å². The van der Waals surface area contributed by atoms with Crippen LogP contribution in [0.15, 0.2) is 29.4 Å². The molecule has 0 N–H and O–H groups in total. The molecule has 0 spiro atoms. The van der Waals surface area contributed by atoms with Gasteiger partial charge in [0.05, 0.1) is 0 Å². The van der Waals surface area contributed by atoms with Crippen LogP contribution in [0.4, 0.5) is 4.39 Å². The van der Waals surface area contributed by atoms with Gasteiger partial charge in [0, 0.05) is 11.0 Å². The number of azide groups is 1. The molecule has 0 saturated heterocycles. The molecule has 3 nitrogen and oxygen atoms in total. The predicted octanol–water partition coefficient (Wildman–Crippen LogP) is 3.77. The molecule has 15 heavy (non-hydrogen) atoms. The second-order valence-electron chi connectivity index (χ2n) is 3.86. The molecule has 0 bridgehead atoms. The minimum atomic E-state index is -0.225. The highest BCUT2D eigenvalue weighted by molar-refractivity contribution is 5.23. The summed E-state index contributed by atoms with van der Waals surface area (Å²) in [4.78, 5) is 2.86. The fourth-order valence-electron chi connectivity index (χ4n) is 2.24. The van der Waals surface area contributed by atoms with E-state index in [1.54, 1.807) is 12.1 Å². The average molecular weight is 205 g/mol. The molecule has 1 aliphatic rings. The number of halogens is 1. The number of nitrogens with zero attached hydrogens (tertiary/aromatic N) is 3. The highest BCUT2D eigenvalue weighted by Gasteiger charge is 2.27. The van der Waals surface area contributed by atoms with E-state index in [4.69, 9.17) is 5.53 Å². The van der Waals surface area contributed by atoms with Gasteiger partial charge in [-0.3, -0.25) is 0 Å². The van der Waals surface area contributed by atoms with Crippen LogP contribution in [-0.4, -0.2) is 6.04 Å².